The molecular weight excluding hydrogens is 258 g/mol. The zero-order valence-electron chi connectivity index (χ0n) is 11.9. The van der Waals surface area contributed by atoms with E-state index in [0.717, 1.165) is 0 Å². The molecule has 2 N–H and O–H groups in total. The van der Waals surface area contributed by atoms with Gasteiger partial charge in [-0.1, -0.05) is 0 Å². The molecule has 6 nitrogen and oxygen atoms in total. The molecule has 1 aromatic rings. The van der Waals surface area contributed by atoms with E-state index in [9.17, 15) is 9.90 Å². The summed E-state index contributed by atoms with van der Waals surface area (Å²) in [4.78, 5) is 18.0. The summed E-state index contributed by atoms with van der Waals surface area (Å²) in [7, 11) is 3.45. The number of carbonyl (C=O) groups is 1. The van der Waals surface area contributed by atoms with Crippen molar-refractivity contribution < 1.29 is 14.6 Å². The van der Waals surface area contributed by atoms with Crippen LogP contribution in [0, 0.1) is 0 Å². The first-order valence-corrected chi connectivity index (χ1v) is 6.73. The van der Waals surface area contributed by atoms with Gasteiger partial charge in [0.05, 0.1) is 23.0 Å². The normalized spacial score (nSPS) is 17.6. The quantitative estimate of drug-likeness (QED) is 0.850. The van der Waals surface area contributed by atoms with Gasteiger partial charge in [0.2, 0.25) is 0 Å². The smallest absolute Gasteiger partial charge is 0.255 e. The zero-order valence-corrected chi connectivity index (χ0v) is 11.9. The minimum Gasteiger partial charge on any atom is -0.388 e. The van der Waals surface area contributed by atoms with Crippen LogP contribution in [0.1, 0.15) is 23.2 Å². The number of hydrogen-bond donors (Lipinski definition) is 2. The van der Waals surface area contributed by atoms with Gasteiger partial charge >= 0.3 is 0 Å². The third kappa shape index (κ3) is 3.26. The Morgan fingerprint density at radius 3 is 2.90 bits per heavy atom. The first-order valence-electron chi connectivity index (χ1n) is 6.73. The van der Waals surface area contributed by atoms with Gasteiger partial charge in [0.25, 0.3) is 5.91 Å². The second-order valence-electron chi connectivity index (χ2n) is 5.17. The van der Waals surface area contributed by atoms with E-state index >= 15 is 0 Å². The molecule has 1 fully saturated rings. The van der Waals surface area contributed by atoms with Gasteiger partial charge in [0.15, 0.2) is 0 Å². The number of pyridine rings is 1. The summed E-state index contributed by atoms with van der Waals surface area (Å²) in [5, 5.41) is 13.4. The Morgan fingerprint density at radius 1 is 1.55 bits per heavy atom. The molecule has 6 heteroatoms. The lowest BCUT2D eigenvalue weighted by Gasteiger charge is -2.35. The minimum atomic E-state index is -0.852. The maximum atomic E-state index is 12.5. The highest BCUT2D eigenvalue weighted by molar-refractivity contribution is 5.99. The topological polar surface area (TPSA) is 74.7 Å². The Morgan fingerprint density at radius 2 is 2.25 bits per heavy atom. The molecule has 0 atom stereocenters. The third-order valence-electron chi connectivity index (χ3n) is 3.62. The molecule has 1 aliphatic rings. The lowest BCUT2D eigenvalue weighted by molar-refractivity contribution is -0.0734. The van der Waals surface area contributed by atoms with Crippen LogP contribution in [0.25, 0.3) is 0 Å². The number of likely N-dealkylation sites (N-methyl/N-ethyl adjacent to an activating group) is 1. The van der Waals surface area contributed by atoms with Crippen molar-refractivity contribution in [1.29, 1.82) is 0 Å². The van der Waals surface area contributed by atoms with Crippen molar-refractivity contribution in [2.24, 2.45) is 0 Å². The van der Waals surface area contributed by atoms with Crippen molar-refractivity contribution in [3.63, 3.8) is 0 Å². The Hall–Kier alpha value is -1.66. The van der Waals surface area contributed by atoms with Crippen LogP contribution in [0.15, 0.2) is 18.5 Å². The largest absolute Gasteiger partial charge is 0.388 e. The highest BCUT2D eigenvalue weighted by atomic mass is 16.5. The number of ether oxygens (including phenoxy) is 1. The molecule has 0 spiro atoms. The second kappa shape index (κ2) is 6.19. The highest BCUT2D eigenvalue weighted by Gasteiger charge is 2.32. The van der Waals surface area contributed by atoms with Gasteiger partial charge in [-0.05, 0) is 6.07 Å². The van der Waals surface area contributed by atoms with Crippen molar-refractivity contribution in [3.05, 3.63) is 24.0 Å². The van der Waals surface area contributed by atoms with Crippen LogP contribution in [-0.2, 0) is 4.74 Å². The van der Waals surface area contributed by atoms with Crippen LogP contribution in [-0.4, -0.2) is 60.4 Å². The average Bonchev–Trinajstić information content (AvgIpc) is 2.46. The van der Waals surface area contributed by atoms with E-state index in [1.165, 1.54) is 0 Å². The number of amides is 1. The fourth-order valence-electron chi connectivity index (χ4n) is 2.41. The number of anilines is 1. The predicted octanol–water partition coefficient (Wildman–Crippen LogP) is 0.737. The van der Waals surface area contributed by atoms with Gasteiger partial charge in [-0.2, -0.15) is 0 Å². The Bertz CT molecular complexity index is 472. The third-order valence-corrected chi connectivity index (χ3v) is 3.62. The number of nitrogens with one attached hydrogen (secondary N) is 1. The second-order valence-corrected chi connectivity index (χ2v) is 5.17. The van der Waals surface area contributed by atoms with Crippen molar-refractivity contribution in [1.82, 2.24) is 9.88 Å². The summed E-state index contributed by atoms with van der Waals surface area (Å²) in [6, 6.07) is 1.68. The molecule has 20 heavy (non-hydrogen) atoms. The van der Waals surface area contributed by atoms with E-state index in [0.29, 0.717) is 43.9 Å². The van der Waals surface area contributed by atoms with Gasteiger partial charge in [0.1, 0.15) is 0 Å². The van der Waals surface area contributed by atoms with Gasteiger partial charge in [-0.3, -0.25) is 9.78 Å². The summed E-state index contributed by atoms with van der Waals surface area (Å²) in [6.07, 6.45) is 4.31. The molecule has 2 heterocycles. The summed E-state index contributed by atoms with van der Waals surface area (Å²) < 4.78 is 5.25. The molecule has 1 aliphatic heterocycles. The van der Waals surface area contributed by atoms with Crippen molar-refractivity contribution in [3.8, 4) is 0 Å². The average molecular weight is 279 g/mol. The van der Waals surface area contributed by atoms with E-state index in [1.54, 1.807) is 37.5 Å². The molecule has 0 unspecified atom stereocenters. The van der Waals surface area contributed by atoms with E-state index in [4.69, 9.17) is 4.74 Å². The van der Waals surface area contributed by atoms with Crippen LogP contribution in [0.3, 0.4) is 0 Å². The molecule has 0 radical (unpaired) electrons. The van der Waals surface area contributed by atoms with E-state index in [-0.39, 0.29) is 5.91 Å². The van der Waals surface area contributed by atoms with Crippen LogP contribution < -0.4 is 5.32 Å². The van der Waals surface area contributed by atoms with E-state index < -0.39 is 5.60 Å². The molecule has 1 saturated heterocycles. The monoisotopic (exact) mass is 279 g/mol. The maximum Gasteiger partial charge on any atom is 0.255 e. The Balaban J connectivity index is 2.08. The van der Waals surface area contributed by atoms with Crippen molar-refractivity contribution in [2.45, 2.75) is 18.4 Å². The molecule has 2 rings (SSSR count). The number of carbonyl (C=O) groups excluding carboxylic acids is 1. The highest BCUT2D eigenvalue weighted by Crippen LogP contribution is 2.23. The molecule has 0 saturated carbocycles. The van der Waals surface area contributed by atoms with Crippen molar-refractivity contribution >= 4 is 11.6 Å². The Kier molecular flexibility index (Phi) is 4.57. The summed E-state index contributed by atoms with van der Waals surface area (Å²) in [5.41, 5.74) is 0.388. The molecule has 0 bridgehead atoms. The Labute approximate surface area is 118 Å². The molecule has 1 aromatic heterocycles. The number of nitrogens with zero attached hydrogens (tertiary/aromatic N) is 2. The van der Waals surface area contributed by atoms with Gasteiger partial charge in [0, 0.05) is 52.9 Å². The van der Waals surface area contributed by atoms with Crippen LogP contribution in [0.4, 0.5) is 5.69 Å². The molecule has 0 aromatic carbocycles. The molecule has 0 aliphatic carbocycles. The molecule has 110 valence electrons. The first-order chi connectivity index (χ1) is 9.56. The van der Waals surface area contributed by atoms with Gasteiger partial charge in [-0.15, -0.1) is 0 Å². The molecule has 1 amide bonds. The summed E-state index contributed by atoms with van der Waals surface area (Å²) in [6.45, 7) is 1.38. The van der Waals surface area contributed by atoms with Crippen LogP contribution in [0.2, 0.25) is 0 Å². The number of rotatable bonds is 4. The fourth-order valence-corrected chi connectivity index (χ4v) is 2.41. The lowest BCUT2D eigenvalue weighted by Crippen LogP contribution is -2.47. The maximum absolute atomic E-state index is 12.5. The first kappa shape index (κ1) is 14.7. The standard InChI is InChI=1S/C14H21N3O3/c1-15-12-9-16-6-3-11(12)13(18)17(2)10-14(19)4-7-20-8-5-14/h3,6,9,15,19H,4-5,7-8,10H2,1-2H3. The lowest BCUT2D eigenvalue weighted by atomic mass is 9.93. The van der Waals surface area contributed by atoms with Crippen LogP contribution >= 0.6 is 0 Å². The summed E-state index contributed by atoms with van der Waals surface area (Å²) >= 11 is 0. The summed E-state index contributed by atoms with van der Waals surface area (Å²) in [5.74, 6) is -0.128. The van der Waals surface area contributed by atoms with Gasteiger partial charge < -0.3 is 20.1 Å². The predicted molar refractivity (Wildman–Crippen MR) is 75.7 cm³/mol. The number of hydrogen-bond acceptors (Lipinski definition) is 5. The van der Waals surface area contributed by atoms with E-state index in [2.05, 4.69) is 10.3 Å². The zero-order chi connectivity index (χ0) is 14.6. The fraction of sp³-hybridized carbons (Fsp3) is 0.571. The molecular formula is C14H21N3O3. The SMILES string of the molecule is CNc1cnccc1C(=O)N(C)CC1(O)CCOCC1. The minimum absolute atomic E-state index is 0.128. The van der Waals surface area contributed by atoms with Crippen LogP contribution in [0.5, 0.6) is 0 Å². The van der Waals surface area contributed by atoms with E-state index in [1.807, 2.05) is 0 Å². The number of aliphatic hydroxyl groups is 1. The van der Waals surface area contributed by atoms with Gasteiger partial charge in [-0.25, -0.2) is 0 Å². The number of aromatic nitrogens is 1. The van der Waals surface area contributed by atoms with Crippen molar-refractivity contribution in [2.75, 3.05) is 39.2 Å².